The van der Waals surface area contributed by atoms with Crippen molar-refractivity contribution < 1.29 is 52.1 Å². The van der Waals surface area contributed by atoms with Gasteiger partial charge in [-0.1, -0.05) is 23.2 Å². The van der Waals surface area contributed by atoms with E-state index < -0.39 is 46.0 Å². The lowest BCUT2D eigenvalue weighted by atomic mass is 10.1. The van der Waals surface area contributed by atoms with E-state index in [2.05, 4.69) is 9.97 Å². The summed E-state index contributed by atoms with van der Waals surface area (Å²) in [6, 6.07) is 17.1. The van der Waals surface area contributed by atoms with Crippen LogP contribution in [0.3, 0.4) is 0 Å². The van der Waals surface area contributed by atoms with Gasteiger partial charge in [-0.25, -0.2) is 19.6 Å². The van der Waals surface area contributed by atoms with Crippen molar-refractivity contribution in [3.05, 3.63) is 116 Å². The number of carboxylic acids is 2. The Morgan fingerprint density at radius 3 is 2.15 bits per heavy atom. The van der Waals surface area contributed by atoms with Crippen LogP contribution in [0.25, 0.3) is 11.0 Å². The number of aromatic carboxylic acids is 1. The average molecular weight is 706 g/mol. The second-order valence-corrected chi connectivity index (χ2v) is 10.3. The Hall–Kier alpha value is -5.67. The number of carboxylic acid groups (broad SMARTS) is 2. The maximum absolute atomic E-state index is 12.6. The molecule has 0 amide bonds. The monoisotopic (exact) mass is 705 g/mol. The number of ether oxygens (including phenoxy) is 3. The van der Waals surface area contributed by atoms with Crippen LogP contribution in [0.15, 0.2) is 85.1 Å². The van der Waals surface area contributed by atoms with Crippen LogP contribution < -0.4 is 14.2 Å². The first-order valence-corrected chi connectivity index (χ1v) is 14.0. The highest BCUT2D eigenvalue weighted by Gasteiger charge is 2.31. The Morgan fingerprint density at radius 2 is 1.54 bits per heavy atom. The maximum atomic E-state index is 12.6. The van der Waals surface area contributed by atoms with Crippen molar-refractivity contribution in [1.29, 1.82) is 0 Å². The number of hydrogen-bond donors (Lipinski definition) is 2. The number of alkyl halides is 3. The van der Waals surface area contributed by atoms with Crippen molar-refractivity contribution in [2.24, 2.45) is 0 Å². The predicted octanol–water partition coefficient (Wildman–Crippen LogP) is 8.68. The lowest BCUT2D eigenvalue weighted by molar-refractivity contribution is -0.385. The minimum absolute atomic E-state index is 0.125. The first-order chi connectivity index (χ1) is 22.6. The number of hydrogen-bond acceptors (Lipinski definition) is 9. The Balaban J connectivity index is 0.000000217. The lowest BCUT2D eigenvalue weighted by Gasteiger charge is -2.11. The van der Waals surface area contributed by atoms with Gasteiger partial charge in [0, 0.05) is 17.2 Å². The molecule has 1 heterocycles. The number of fused-ring (bicyclic) bond motifs is 1. The molecule has 2 N–H and O–H groups in total. The summed E-state index contributed by atoms with van der Waals surface area (Å²) in [5, 5.41) is 28.8. The van der Waals surface area contributed by atoms with Crippen LogP contribution in [0.4, 0.5) is 18.9 Å². The standard InChI is InChI=1S/C17H13ClN2O4.C14H7ClF3NO5/c1-10(17(21)22)23-12-3-5-13(6-4-12)24-16-9-19-15-8-11(18)2-7-14(15)20-16;15-10-5-7(14(16,17)18)1-4-12(10)24-8-2-3-11(19(22)23)9(6-8)13(20)21/h2-10H,1H3,(H,21,22);1-6H,(H,20,21). The molecule has 1 atom stereocenters. The van der Waals surface area contributed by atoms with Crippen molar-refractivity contribution in [2.45, 2.75) is 19.2 Å². The molecule has 0 spiro atoms. The molecule has 5 aromatic rings. The minimum Gasteiger partial charge on any atom is -0.479 e. The largest absolute Gasteiger partial charge is 0.479 e. The fraction of sp³-hybridized carbons (Fsp3) is 0.0968. The zero-order chi connectivity index (χ0) is 35.2. The quantitative estimate of drug-likeness (QED) is 0.111. The van der Waals surface area contributed by atoms with Gasteiger partial charge in [-0.05, 0) is 73.7 Å². The summed E-state index contributed by atoms with van der Waals surface area (Å²) in [4.78, 5) is 40.3. The summed E-state index contributed by atoms with van der Waals surface area (Å²) < 4.78 is 53.8. The summed E-state index contributed by atoms with van der Waals surface area (Å²) in [6.45, 7) is 1.46. The van der Waals surface area contributed by atoms with Crippen molar-refractivity contribution >= 4 is 51.9 Å². The van der Waals surface area contributed by atoms with Gasteiger partial charge in [-0.2, -0.15) is 13.2 Å². The normalized spacial score (nSPS) is 11.5. The predicted molar refractivity (Wildman–Crippen MR) is 165 cm³/mol. The highest BCUT2D eigenvalue weighted by atomic mass is 35.5. The molecule has 0 saturated heterocycles. The molecule has 48 heavy (non-hydrogen) atoms. The second kappa shape index (κ2) is 14.8. The fourth-order valence-corrected chi connectivity index (χ4v) is 4.16. The molecule has 17 heteroatoms. The van der Waals surface area contributed by atoms with Gasteiger partial charge < -0.3 is 24.4 Å². The van der Waals surface area contributed by atoms with Gasteiger partial charge in [0.1, 0.15) is 28.6 Å². The van der Waals surface area contributed by atoms with Gasteiger partial charge in [0.15, 0.2) is 6.10 Å². The van der Waals surface area contributed by atoms with E-state index >= 15 is 0 Å². The second-order valence-electron chi connectivity index (χ2n) is 9.50. The zero-order valence-corrected chi connectivity index (χ0v) is 25.7. The SMILES string of the molecule is CC(Oc1ccc(Oc2cnc3cc(Cl)ccc3n2)cc1)C(=O)O.O=C(O)c1cc(Oc2ccc(C(F)(F)F)cc2Cl)ccc1[N+](=O)[O-]. The molecule has 1 unspecified atom stereocenters. The van der Waals surface area contributed by atoms with Gasteiger partial charge in [-0.15, -0.1) is 0 Å². The molecule has 248 valence electrons. The summed E-state index contributed by atoms with van der Waals surface area (Å²) in [6.07, 6.45) is -3.99. The third-order valence-electron chi connectivity index (χ3n) is 6.07. The number of aromatic nitrogens is 2. The van der Waals surface area contributed by atoms with E-state index in [-0.39, 0.29) is 16.5 Å². The molecule has 1 aromatic heterocycles. The Labute approximate surface area is 278 Å². The van der Waals surface area contributed by atoms with E-state index in [0.717, 1.165) is 30.3 Å². The van der Waals surface area contributed by atoms with E-state index in [4.69, 9.17) is 47.6 Å². The van der Waals surface area contributed by atoms with E-state index in [1.807, 2.05) is 0 Å². The molecule has 0 aliphatic carbocycles. The highest BCUT2D eigenvalue weighted by molar-refractivity contribution is 6.32. The number of nitro benzene ring substituents is 1. The molecule has 4 aromatic carbocycles. The van der Waals surface area contributed by atoms with Crippen molar-refractivity contribution in [2.75, 3.05) is 0 Å². The van der Waals surface area contributed by atoms with E-state index in [0.29, 0.717) is 39.5 Å². The number of aliphatic carboxylic acids is 1. The number of halogens is 5. The molecule has 12 nitrogen and oxygen atoms in total. The molecule has 0 aliphatic rings. The summed E-state index contributed by atoms with van der Waals surface area (Å²) in [7, 11) is 0. The first-order valence-electron chi connectivity index (χ1n) is 13.3. The molecule has 5 rings (SSSR count). The smallest absolute Gasteiger partial charge is 0.416 e. The minimum atomic E-state index is -4.58. The van der Waals surface area contributed by atoms with Gasteiger partial charge in [0.05, 0.1) is 32.7 Å². The molecular formula is C31H20Cl2F3N3O9. The number of nitro groups is 1. The van der Waals surface area contributed by atoms with Crippen LogP contribution >= 0.6 is 23.2 Å². The molecule has 0 radical (unpaired) electrons. The van der Waals surface area contributed by atoms with Gasteiger partial charge in [0.25, 0.3) is 5.69 Å². The van der Waals surface area contributed by atoms with Crippen LogP contribution in [0, 0.1) is 10.1 Å². The topological polar surface area (TPSA) is 171 Å². The molecule has 0 fully saturated rings. The summed E-state index contributed by atoms with van der Waals surface area (Å²) in [5.41, 5.74) is -0.892. The Bertz CT molecular complexity index is 1990. The Morgan fingerprint density at radius 1 is 0.875 bits per heavy atom. The third-order valence-corrected chi connectivity index (χ3v) is 6.60. The molecule has 0 saturated carbocycles. The van der Waals surface area contributed by atoms with Crippen LogP contribution in [-0.4, -0.2) is 43.1 Å². The van der Waals surface area contributed by atoms with Gasteiger partial charge >= 0.3 is 18.1 Å². The third kappa shape index (κ3) is 9.20. The lowest BCUT2D eigenvalue weighted by Crippen LogP contribution is -2.22. The molecule has 0 aliphatic heterocycles. The van der Waals surface area contributed by atoms with Gasteiger partial charge in [-0.3, -0.25) is 10.1 Å². The van der Waals surface area contributed by atoms with Gasteiger partial charge in [0.2, 0.25) is 5.88 Å². The highest BCUT2D eigenvalue weighted by Crippen LogP contribution is 2.37. The Kier molecular flexibility index (Phi) is 10.9. The summed E-state index contributed by atoms with van der Waals surface area (Å²) in [5.74, 6) is -1.54. The van der Waals surface area contributed by atoms with Crippen LogP contribution in [0.2, 0.25) is 10.0 Å². The number of nitrogens with zero attached hydrogens (tertiary/aromatic N) is 3. The molecule has 0 bridgehead atoms. The van der Waals surface area contributed by atoms with E-state index in [1.165, 1.54) is 13.1 Å². The average Bonchev–Trinajstić information content (AvgIpc) is 3.02. The van der Waals surface area contributed by atoms with E-state index in [1.54, 1.807) is 42.5 Å². The number of rotatable bonds is 9. The van der Waals surface area contributed by atoms with Crippen LogP contribution in [-0.2, 0) is 11.0 Å². The first kappa shape index (κ1) is 35.2. The maximum Gasteiger partial charge on any atom is 0.416 e. The zero-order valence-electron chi connectivity index (χ0n) is 24.1. The number of carbonyl (C=O) groups is 2. The van der Waals surface area contributed by atoms with Crippen molar-refractivity contribution in [1.82, 2.24) is 9.97 Å². The number of benzene rings is 4. The molecular weight excluding hydrogens is 686 g/mol. The van der Waals surface area contributed by atoms with E-state index in [9.17, 15) is 32.9 Å². The van der Waals surface area contributed by atoms with Crippen molar-refractivity contribution in [3.8, 4) is 28.9 Å². The van der Waals surface area contributed by atoms with Crippen LogP contribution in [0.5, 0.6) is 28.9 Å². The van der Waals surface area contributed by atoms with Crippen LogP contribution in [0.1, 0.15) is 22.8 Å². The van der Waals surface area contributed by atoms with Crippen molar-refractivity contribution in [3.63, 3.8) is 0 Å². The summed E-state index contributed by atoms with van der Waals surface area (Å²) >= 11 is 11.6. The fourth-order valence-electron chi connectivity index (χ4n) is 3.77.